The van der Waals surface area contributed by atoms with Gasteiger partial charge < -0.3 is 10.1 Å². The van der Waals surface area contributed by atoms with Crippen molar-refractivity contribution in [3.8, 4) is 0 Å². The third-order valence-corrected chi connectivity index (χ3v) is 2.76. The number of hydrogen-bond acceptors (Lipinski definition) is 2. The van der Waals surface area contributed by atoms with E-state index in [0.29, 0.717) is 0 Å². The van der Waals surface area contributed by atoms with E-state index in [-0.39, 0.29) is 12.1 Å². The molecular formula is C14H23NO. The number of nitrogens with one attached hydrogen (secondary N) is 1. The Balaban J connectivity index is 2.79. The first kappa shape index (κ1) is 13.2. The maximum Gasteiger partial charge on any atom is 0.0741 e. The summed E-state index contributed by atoms with van der Waals surface area (Å²) >= 11 is 0. The van der Waals surface area contributed by atoms with Gasteiger partial charge in [0.25, 0.3) is 0 Å². The quantitative estimate of drug-likeness (QED) is 0.797. The molecule has 16 heavy (non-hydrogen) atoms. The Morgan fingerprint density at radius 3 is 2.31 bits per heavy atom. The van der Waals surface area contributed by atoms with Crippen LogP contribution < -0.4 is 5.32 Å². The molecule has 90 valence electrons. The monoisotopic (exact) mass is 221 g/mol. The number of hydrogen-bond donors (Lipinski definition) is 1. The Bertz CT molecular complexity index is 294. The van der Waals surface area contributed by atoms with E-state index < -0.39 is 0 Å². The van der Waals surface area contributed by atoms with Crippen LogP contribution in [0, 0.1) is 6.92 Å². The summed E-state index contributed by atoms with van der Waals surface area (Å²) in [5.41, 5.74) is 2.59. The van der Waals surface area contributed by atoms with Crippen molar-refractivity contribution in [3.05, 3.63) is 35.4 Å². The van der Waals surface area contributed by atoms with Crippen LogP contribution in [0.15, 0.2) is 24.3 Å². The zero-order valence-electron chi connectivity index (χ0n) is 10.8. The molecule has 2 heteroatoms. The van der Waals surface area contributed by atoms with Crippen molar-refractivity contribution in [1.82, 2.24) is 5.32 Å². The van der Waals surface area contributed by atoms with E-state index in [4.69, 9.17) is 4.74 Å². The molecule has 1 aromatic carbocycles. The van der Waals surface area contributed by atoms with Gasteiger partial charge in [-0.05, 0) is 32.9 Å². The first-order valence-corrected chi connectivity index (χ1v) is 6.10. The highest BCUT2D eigenvalue weighted by Gasteiger charge is 2.17. The molecule has 2 unspecified atom stereocenters. The molecule has 0 saturated carbocycles. The lowest BCUT2D eigenvalue weighted by atomic mass is 10.0. The standard InChI is InChI=1S/C14H23NO/c1-5-15-14(12(4)16-6-2)13-9-7-11(3)8-10-13/h7-10,12,14-15H,5-6H2,1-4H3. The van der Waals surface area contributed by atoms with Crippen molar-refractivity contribution >= 4 is 0 Å². The molecule has 0 saturated heterocycles. The molecule has 1 N–H and O–H groups in total. The molecule has 1 rings (SSSR count). The van der Waals surface area contributed by atoms with Crippen molar-refractivity contribution in [1.29, 1.82) is 0 Å². The smallest absolute Gasteiger partial charge is 0.0741 e. The lowest BCUT2D eigenvalue weighted by Crippen LogP contribution is -2.32. The van der Waals surface area contributed by atoms with E-state index >= 15 is 0 Å². The molecule has 0 radical (unpaired) electrons. The largest absolute Gasteiger partial charge is 0.377 e. The second kappa shape index (κ2) is 6.66. The summed E-state index contributed by atoms with van der Waals surface area (Å²) in [6.07, 6.45) is 0.202. The van der Waals surface area contributed by atoms with E-state index in [9.17, 15) is 0 Å². The van der Waals surface area contributed by atoms with Crippen LogP contribution in [0.25, 0.3) is 0 Å². The first-order chi connectivity index (χ1) is 7.69. The van der Waals surface area contributed by atoms with Crippen LogP contribution in [0.5, 0.6) is 0 Å². The number of ether oxygens (including phenoxy) is 1. The fourth-order valence-corrected chi connectivity index (χ4v) is 1.91. The fraction of sp³-hybridized carbons (Fsp3) is 0.571. The van der Waals surface area contributed by atoms with Crippen molar-refractivity contribution in [2.75, 3.05) is 13.2 Å². The predicted octanol–water partition coefficient (Wildman–Crippen LogP) is 3.07. The summed E-state index contributed by atoms with van der Waals surface area (Å²) < 4.78 is 5.68. The first-order valence-electron chi connectivity index (χ1n) is 6.10. The SMILES string of the molecule is CCNC(c1ccc(C)cc1)C(C)OCC. The number of rotatable bonds is 6. The second-order valence-corrected chi connectivity index (χ2v) is 4.11. The van der Waals surface area contributed by atoms with E-state index in [1.54, 1.807) is 0 Å². The Hall–Kier alpha value is -0.860. The zero-order valence-corrected chi connectivity index (χ0v) is 10.8. The highest BCUT2D eigenvalue weighted by Crippen LogP contribution is 2.19. The zero-order chi connectivity index (χ0) is 12.0. The molecule has 0 aromatic heterocycles. The van der Waals surface area contributed by atoms with Gasteiger partial charge >= 0.3 is 0 Å². The van der Waals surface area contributed by atoms with Crippen molar-refractivity contribution in [2.24, 2.45) is 0 Å². The molecule has 0 aliphatic rings. The fourth-order valence-electron chi connectivity index (χ4n) is 1.91. The summed E-state index contributed by atoms with van der Waals surface area (Å²) in [6.45, 7) is 10.1. The minimum absolute atomic E-state index is 0.202. The predicted molar refractivity (Wildman–Crippen MR) is 68.7 cm³/mol. The molecule has 0 aliphatic carbocycles. The van der Waals surface area contributed by atoms with Gasteiger partial charge in [-0.15, -0.1) is 0 Å². The van der Waals surface area contributed by atoms with Crippen LogP contribution in [0.1, 0.15) is 37.9 Å². The molecule has 0 bridgehead atoms. The van der Waals surface area contributed by atoms with Crippen LogP contribution in [0.3, 0.4) is 0 Å². The molecule has 2 atom stereocenters. The number of benzene rings is 1. The highest BCUT2D eigenvalue weighted by atomic mass is 16.5. The summed E-state index contributed by atoms with van der Waals surface area (Å²) in [5, 5.41) is 3.48. The van der Waals surface area contributed by atoms with Gasteiger partial charge in [-0.1, -0.05) is 36.8 Å². The van der Waals surface area contributed by atoms with Crippen molar-refractivity contribution in [3.63, 3.8) is 0 Å². The maximum absolute atomic E-state index is 5.68. The van der Waals surface area contributed by atoms with Crippen LogP contribution in [0.4, 0.5) is 0 Å². The van der Waals surface area contributed by atoms with E-state index in [1.807, 2.05) is 6.92 Å². The average molecular weight is 221 g/mol. The van der Waals surface area contributed by atoms with Crippen molar-refractivity contribution in [2.45, 2.75) is 39.8 Å². The number of aryl methyl sites for hydroxylation is 1. The van der Waals surface area contributed by atoms with Gasteiger partial charge in [-0.3, -0.25) is 0 Å². The Morgan fingerprint density at radius 2 is 1.81 bits per heavy atom. The summed E-state index contributed by atoms with van der Waals surface area (Å²) in [5.74, 6) is 0. The second-order valence-electron chi connectivity index (χ2n) is 4.11. The maximum atomic E-state index is 5.68. The number of likely N-dealkylation sites (N-methyl/N-ethyl adjacent to an activating group) is 1. The Labute approximate surface area is 99.0 Å². The molecule has 0 amide bonds. The summed E-state index contributed by atoms with van der Waals surface area (Å²) in [6, 6.07) is 8.94. The third-order valence-electron chi connectivity index (χ3n) is 2.76. The van der Waals surface area contributed by atoms with Crippen molar-refractivity contribution < 1.29 is 4.74 Å². The van der Waals surface area contributed by atoms with Gasteiger partial charge in [0.1, 0.15) is 0 Å². The average Bonchev–Trinajstić information content (AvgIpc) is 2.28. The van der Waals surface area contributed by atoms with Crippen LogP contribution in [0.2, 0.25) is 0 Å². The molecule has 0 fully saturated rings. The molecule has 1 aromatic rings. The topological polar surface area (TPSA) is 21.3 Å². The van der Waals surface area contributed by atoms with Gasteiger partial charge in [0.05, 0.1) is 12.1 Å². The normalized spacial score (nSPS) is 14.8. The molecule has 0 heterocycles. The summed E-state index contributed by atoms with van der Waals surface area (Å²) in [7, 11) is 0. The minimum Gasteiger partial charge on any atom is -0.377 e. The minimum atomic E-state index is 0.202. The van der Waals surface area contributed by atoms with E-state index in [2.05, 4.69) is 50.4 Å². The molecule has 0 spiro atoms. The molecule has 2 nitrogen and oxygen atoms in total. The van der Waals surface area contributed by atoms with E-state index in [1.165, 1.54) is 11.1 Å². The lowest BCUT2D eigenvalue weighted by molar-refractivity contribution is 0.0477. The van der Waals surface area contributed by atoms with Crippen LogP contribution in [-0.4, -0.2) is 19.3 Å². The van der Waals surface area contributed by atoms with Crippen LogP contribution >= 0.6 is 0 Å². The molecule has 0 aliphatic heterocycles. The lowest BCUT2D eigenvalue weighted by Gasteiger charge is -2.25. The van der Waals surface area contributed by atoms with Gasteiger partial charge in [0, 0.05) is 6.61 Å². The Kier molecular flexibility index (Phi) is 5.50. The van der Waals surface area contributed by atoms with Crippen LogP contribution in [-0.2, 0) is 4.74 Å². The molecular weight excluding hydrogens is 198 g/mol. The van der Waals surface area contributed by atoms with Gasteiger partial charge in [-0.25, -0.2) is 0 Å². The summed E-state index contributed by atoms with van der Waals surface area (Å²) in [4.78, 5) is 0. The van der Waals surface area contributed by atoms with E-state index in [0.717, 1.165) is 13.2 Å². The van der Waals surface area contributed by atoms with Gasteiger partial charge in [0.15, 0.2) is 0 Å². The highest BCUT2D eigenvalue weighted by molar-refractivity contribution is 5.24. The van der Waals surface area contributed by atoms with Gasteiger partial charge in [0.2, 0.25) is 0 Å². The Morgan fingerprint density at radius 1 is 1.19 bits per heavy atom. The third kappa shape index (κ3) is 3.62. The van der Waals surface area contributed by atoms with Gasteiger partial charge in [-0.2, -0.15) is 0 Å².